The lowest BCUT2D eigenvalue weighted by molar-refractivity contribution is -0.139. The molecule has 108 valence electrons. The quantitative estimate of drug-likeness (QED) is 0.781. The molecule has 0 aliphatic rings. The number of carbonyl (C=O) groups is 2. The van der Waals surface area contributed by atoms with Crippen LogP contribution >= 0.6 is 0 Å². The zero-order chi connectivity index (χ0) is 15.1. The number of rotatable bonds is 6. The van der Waals surface area contributed by atoms with Crippen LogP contribution in [0, 0.1) is 6.92 Å². The van der Waals surface area contributed by atoms with Crippen molar-refractivity contribution < 1.29 is 19.4 Å². The van der Waals surface area contributed by atoms with Crippen molar-refractivity contribution in [2.75, 3.05) is 7.11 Å². The van der Waals surface area contributed by atoms with E-state index in [9.17, 15) is 9.59 Å². The first kappa shape index (κ1) is 15.8. The number of hydrogen-bond donors (Lipinski definition) is 2. The van der Waals surface area contributed by atoms with Gasteiger partial charge in [0.15, 0.2) is 0 Å². The Kier molecular flexibility index (Phi) is 5.77. The molecule has 5 nitrogen and oxygen atoms in total. The Balaban J connectivity index is 2.86. The zero-order valence-corrected chi connectivity index (χ0v) is 11.8. The molecule has 0 bridgehead atoms. The number of ether oxygens (including phenoxy) is 1. The first-order chi connectivity index (χ1) is 9.49. The molecule has 0 saturated heterocycles. The van der Waals surface area contributed by atoms with Gasteiger partial charge in [0.1, 0.15) is 11.8 Å². The number of methoxy groups -OCH3 is 1. The summed E-state index contributed by atoms with van der Waals surface area (Å²) in [5.74, 6) is -0.799. The maximum Gasteiger partial charge on any atom is 0.326 e. The van der Waals surface area contributed by atoms with Gasteiger partial charge in [0.2, 0.25) is 0 Å². The summed E-state index contributed by atoms with van der Waals surface area (Å²) in [4.78, 5) is 23.2. The molecule has 0 saturated carbocycles. The van der Waals surface area contributed by atoms with Crippen LogP contribution in [-0.4, -0.2) is 30.1 Å². The molecular formula is C15H19NO4. The van der Waals surface area contributed by atoms with Gasteiger partial charge in [-0.3, -0.25) is 4.79 Å². The van der Waals surface area contributed by atoms with Crippen molar-refractivity contribution in [1.29, 1.82) is 0 Å². The summed E-state index contributed by atoms with van der Waals surface area (Å²) in [6.45, 7) is 3.58. The number of aryl methyl sites for hydroxylation is 1. The summed E-state index contributed by atoms with van der Waals surface area (Å²) in [6, 6.07) is 4.10. The third-order valence-corrected chi connectivity index (χ3v) is 2.89. The van der Waals surface area contributed by atoms with Crippen LogP contribution < -0.4 is 10.1 Å². The largest absolute Gasteiger partial charge is 0.497 e. The van der Waals surface area contributed by atoms with Gasteiger partial charge in [0.25, 0.3) is 5.91 Å². The van der Waals surface area contributed by atoms with Crippen LogP contribution in [0.25, 0.3) is 0 Å². The predicted octanol–water partition coefficient (Wildman–Crippen LogP) is 2.15. The Bertz CT molecular complexity index is 523. The minimum Gasteiger partial charge on any atom is -0.497 e. The molecule has 0 aliphatic carbocycles. The number of aliphatic carboxylic acids is 1. The fraction of sp³-hybridized carbons (Fsp3) is 0.333. The monoisotopic (exact) mass is 277 g/mol. The highest BCUT2D eigenvalue weighted by Gasteiger charge is 2.20. The number of nitrogens with one attached hydrogen (secondary N) is 1. The van der Waals surface area contributed by atoms with Crippen molar-refractivity contribution in [2.24, 2.45) is 0 Å². The highest BCUT2D eigenvalue weighted by Crippen LogP contribution is 2.17. The number of hydrogen-bond acceptors (Lipinski definition) is 3. The van der Waals surface area contributed by atoms with Crippen molar-refractivity contribution >= 4 is 11.9 Å². The maximum absolute atomic E-state index is 12.1. The van der Waals surface area contributed by atoms with Crippen molar-refractivity contribution in [3.05, 3.63) is 41.5 Å². The molecule has 1 aromatic rings. The summed E-state index contributed by atoms with van der Waals surface area (Å²) in [5.41, 5.74) is 1.18. The normalized spacial score (nSPS) is 12.2. The summed E-state index contributed by atoms with van der Waals surface area (Å²) in [5, 5.41) is 11.6. The second-order valence-corrected chi connectivity index (χ2v) is 4.35. The molecule has 5 heteroatoms. The number of carboxylic acid groups (broad SMARTS) is 1. The summed E-state index contributed by atoms with van der Waals surface area (Å²) in [7, 11) is 1.55. The van der Waals surface area contributed by atoms with Crippen LogP contribution in [0.3, 0.4) is 0 Å². The van der Waals surface area contributed by atoms with E-state index in [1.165, 1.54) is 0 Å². The molecule has 0 radical (unpaired) electrons. The van der Waals surface area contributed by atoms with E-state index in [-0.39, 0.29) is 6.42 Å². The van der Waals surface area contributed by atoms with Gasteiger partial charge in [-0.1, -0.05) is 12.2 Å². The smallest absolute Gasteiger partial charge is 0.326 e. The molecule has 1 atom stereocenters. The Hall–Kier alpha value is -2.30. The lowest BCUT2D eigenvalue weighted by Gasteiger charge is -2.14. The first-order valence-corrected chi connectivity index (χ1v) is 6.29. The Morgan fingerprint density at radius 2 is 2.15 bits per heavy atom. The minimum atomic E-state index is -1.05. The van der Waals surface area contributed by atoms with Crippen molar-refractivity contribution in [3.8, 4) is 5.75 Å². The molecule has 1 rings (SSSR count). The summed E-state index contributed by atoms with van der Waals surface area (Å²) in [6.07, 6.45) is 3.72. The highest BCUT2D eigenvalue weighted by molar-refractivity contribution is 5.98. The van der Waals surface area contributed by atoms with Gasteiger partial charge < -0.3 is 15.2 Å². The van der Waals surface area contributed by atoms with Crippen LogP contribution in [0.15, 0.2) is 30.4 Å². The van der Waals surface area contributed by atoms with Crippen molar-refractivity contribution in [3.63, 3.8) is 0 Å². The molecule has 0 heterocycles. The molecule has 20 heavy (non-hydrogen) atoms. The lowest BCUT2D eigenvalue weighted by atomic mass is 10.1. The van der Waals surface area contributed by atoms with Gasteiger partial charge in [-0.05, 0) is 44.0 Å². The van der Waals surface area contributed by atoms with E-state index in [4.69, 9.17) is 9.84 Å². The van der Waals surface area contributed by atoms with E-state index in [0.29, 0.717) is 11.3 Å². The van der Waals surface area contributed by atoms with Crippen LogP contribution in [-0.2, 0) is 4.79 Å². The average Bonchev–Trinajstić information content (AvgIpc) is 2.42. The second-order valence-electron chi connectivity index (χ2n) is 4.35. The minimum absolute atomic E-state index is 0.257. The van der Waals surface area contributed by atoms with Gasteiger partial charge in [-0.25, -0.2) is 4.79 Å². The number of amides is 1. The van der Waals surface area contributed by atoms with E-state index in [1.807, 2.05) is 0 Å². The Labute approximate surface area is 118 Å². The van der Waals surface area contributed by atoms with E-state index in [0.717, 1.165) is 5.56 Å². The lowest BCUT2D eigenvalue weighted by Crippen LogP contribution is -2.40. The molecule has 1 amide bonds. The van der Waals surface area contributed by atoms with Gasteiger partial charge in [0.05, 0.1) is 7.11 Å². The Morgan fingerprint density at radius 1 is 1.45 bits per heavy atom. The van der Waals surface area contributed by atoms with Crippen LogP contribution in [0.5, 0.6) is 5.75 Å². The number of carbonyl (C=O) groups excluding carboxylic acids is 1. The molecule has 2 N–H and O–H groups in total. The van der Waals surface area contributed by atoms with E-state index in [2.05, 4.69) is 5.32 Å². The maximum atomic E-state index is 12.1. The molecule has 1 unspecified atom stereocenters. The number of benzene rings is 1. The average molecular weight is 277 g/mol. The zero-order valence-electron chi connectivity index (χ0n) is 11.8. The fourth-order valence-electron chi connectivity index (χ4n) is 1.75. The third-order valence-electron chi connectivity index (χ3n) is 2.89. The second kappa shape index (κ2) is 7.33. The van der Waals surface area contributed by atoms with Gasteiger partial charge >= 0.3 is 5.97 Å². The highest BCUT2D eigenvalue weighted by atomic mass is 16.5. The first-order valence-electron chi connectivity index (χ1n) is 6.29. The Morgan fingerprint density at radius 3 is 2.65 bits per heavy atom. The van der Waals surface area contributed by atoms with Gasteiger partial charge in [-0.15, -0.1) is 0 Å². The number of carboxylic acids is 1. The molecule has 0 aromatic heterocycles. The standard InChI is InChI=1S/C15H19NO4/c1-4-5-6-13(15(18)19)16-14(17)12-8-7-11(20-3)9-10(12)2/h4-5,7-9,13H,6H2,1-3H3,(H,16,17)(H,18,19)/b5-4+. The topological polar surface area (TPSA) is 75.6 Å². The molecule has 1 aromatic carbocycles. The summed E-state index contributed by atoms with van der Waals surface area (Å²) >= 11 is 0. The van der Waals surface area contributed by atoms with Crippen LogP contribution in [0.1, 0.15) is 29.3 Å². The van der Waals surface area contributed by atoms with Gasteiger partial charge in [-0.2, -0.15) is 0 Å². The van der Waals surface area contributed by atoms with E-state index in [1.54, 1.807) is 51.3 Å². The fourth-order valence-corrected chi connectivity index (χ4v) is 1.75. The SMILES string of the molecule is C/C=C/CC(NC(=O)c1ccc(OC)cc1C)C(=O)O. The predicted molar refractivity (Wildman–Crippen MR) is 76.1 cm³/mol. The van der Waals surface area contributed by atoms with Crippen LogP contribution in [0.4, 0.5) is 0 Å². The van der Waals surface area contributed by atoms with Gasteiger partial charge in [0, 0.05) is 5.56 Å². The summed E-state index contributed by atoms with van der Waals surface area (Å²) < 4.78 is 5.07. The van der Waals surface area contributed by atoms with E-state index >= 15 is 0 Å². The molecular weight excluding hydrogens is 258 g/mol. The van der Waals surface area contributed by atoms with Crippen molar-refractivity contribution in [2.45, 2.75) is 26.3 Å². The molecule has 0 fully saturated rings. The van der Waals surface area contributed by atoms with E-state index < -0.39 is 17.9 Å². The third kappa shape index (κ3) is 4.12. The van der Waals surface area contributed by atoms with Crippen LogP contribution in [0.2, 0.25) is 0 Å². The molecule has 0 spiro atoms. The van der Waals surface area contributed by atoms with Crippen molar-refractivity contribution in [1.82, 2.24) is 5.32 Å². The molecule has 0 aliphatic heterocycles. The number of allylic oxidation sites excluding steroid dienone is 1.